The van der Waals surface area contributed by atoms with Gasteiger partial charge in [-0.1, -0.05) is 6.92 Å². The summed E-state index contributed by atoms with van der Waals surface area (Å²) >= 11 is 0. The first-order valence-corrected chi connectivity index (χ1v) is 6.76. The summed E-state index contributed by atoms with van der Waals surface area (Å²) in [5.41, 5.74) is 0. The largest absolute Gasteiger partial charge is 0.354 e. The molecule has 0 aliphatic rings. The predicted octanol–water partition coefficient (Wildman–Crippen LogP) is 0.740. The molecule has 0 aliphatic heterocycles. The van der Waals surface area contributed by atoms with Gasteiger partial charge in [-0.3, -0.25) is 4.21 Å². The molecular weight excluding hydrogens is 214 g/mol. The highest BCUT2D eigenvalue weighted by Gasteiger charge is 2.15. The highest BCUT2D eigenvalue weighted by Crippen LogP contribution is 2.01. The molecule has 3 unspecified atom stereocenters. The van der Waals surface area contributed by atoms with Gasteiger partial charge in [0.2, 0.25) is 0 Å². The van der Waals surface area contributed by atoms with E-state index >= 15 is 0 Å². The van der Waals surface area contributed by atoms with Crippen LogP contribution >= 0.6 is 0 Å². The smallest absolute Gasteiger partial charge is 0.171 e. The van der Waals surface area contributed by atoms with Crippen molar-refractivity contribution in [1.82, 2.24) is 5.32 Å². The molecule has 0 heterocycles. The lowest BCUT2D eigenvalue weighted by molar-refractivity contribution is -0.119. The molecule has 4 nitrogen and oxygen atoms in total. The number of methoxy groups -OCH3 is 2. The third-order valence-corrected chi connectivity index (χ3v) is 3.83. The van der Waals surface area contributed by atoms with Crippen LogP contribution in [0.3, 0.4) is 0 Å². The summed E-state index contributed by atoms with van der Waals surface area (Å²) in [6, 6.07) is 0.137. The standard InChI is InChI=1S/C10H23NO3S/c1-8(15(5)12)6-7-11-9(2)10(13-3)14-4/h8-11H,6-7H2,1-5H3. The van der Waals surface area contributed by atoms with Crippen molar-refractivity contribution >= 4 is 10.8 Å². The minimum Gasteiger partial charge on any atom is -0.354 e. The first-order chi connectivity index (χ1) is 7.02. The van der Waals surface area contributed by atoms with E-state index in [0.29, 0.717) is 0 Å². The average Bonchev–Trinajstić information content (AvgIpc) is 2.19. The lowest BCUT2D eigenvalue weighted by atomic mass is 10.3. The van der Waals surface area contributed by atoms with Crippen LogP contribution in [0.5, 0.6) is 0 Å². The van der Waals surface area contributed by atoms with E-state index in [1.807, 2.05) is 13.8 Å². The number of ether oxygens (including phenoxy) is 2. The molecule has 0 rings (SSSR count). The normalized spacial score (nSPS) is 17.7. The van der Waals surface area contributed by atoms with Crippen LogP contribution in [-0.2, 0) is 20.3 Å². The Hall–Kier alpha value is 0.0300. The molecule has 1 N–H and O–H groups in total. The van der Waals surface area contributed by atoms with Gasteiger partial charge in [0, 0.05) is 36.5 Å². The van der Waals surface area contributed by atoms with Gasteiger partial charge in [0.15, 0.2) is 6.29 Å². The van der Waals surface area contributed by atoms with E-state index in [2.05, 4.69) is 5.32 Å². The molecule has 0 aromatic heterocycles. The fraction of sp³-hybridized carbons (Fsp3) is 1.00. The van der Waals surface area contributed by atoms with Crippen LogP contribution in [0.15, 0.2) is 0 Å². The van der Waals surface area contributed by atoms with Gasteiger partial charge in [-0.25, -0.2) is 0 Å². The van der Waals surface area contributed by atoms with Crippen LogP contribution in [0.1, 0.15) is 20.3 Å². The molecule has 0 saturated carbocycles. The zero-order valence-corrected chi connectivity index (χ0v) is 11.1. The molecule has 0 aromatic rings. The molecule has 0 aliphatic carbocycles. The Bertz CT molecular complexity index is 186. The molecule has 92 valence electrons. The SMILES string of the molecule is COC(OC)C(C)NCCC(C)S(C)=O. The Morgan fingerprint density at radius 1 is 1.27 bits per heavy atom. The number of rotatable bonds is 8. The van der Waals surface area contributed by atoms with Crippen molar-refractivity contribution in [2.24, 2.45) is 0 Å². The summed E-state index contributed by atoms with van der Waals surface area (Å²) in [5, 5.41) is 3.52. The second-order valence-electron chi connectivity index (χ2n) is 3.68. The number of nitrogens with one attached hydrogen (secondary N) is 1. The maximum atomic E-state index is 11.1. The van der Waals surface area contributed by atoms with Crippen molar-refractivity contribution in [3.8, 4) is 0 Å². The molecule has 0 radical (unpaired) electrons. The summed E-state index contributed by atoms with van der Waals surface area (Å²) in [5.74, 6) is 0. The van der Waals surface area contributed by atoms with Crippen molar-refractivity contribution in [2.45, 2.75) is 37.9 Å². The van der Waals surface area contributed by atoms with Crippen LogP contribution in [0.4, 0.5) is 0 Å². The molecule has 0 aromatic carbocycles. The lowest BCUT2D eigenvalue weighted by Crippen LogP contribution is -2.40. The molecular formula is C10H23NO3S. The number of hydrogen-bond acceptors (Lipinski definition) is 4. The average molecular weight is 237 g/mol. The van der Waals surface area contributed by atoms with E-state index in [0.717, 1.165) is 13.0 Å². The second-order valence-corrected chi connectivity index (χ2v) is 5.48. The fourth-order valence-corrected chi connectivity index (χ4v) is 1.73. The minimum atomic E-state index is -0.742. The zero-order valence-electron chi connectivity index (χ0n) is 10.3. The highest BCUT2D eigenvalue weighted by molar-refractivity contribution is 7.84. The van der Waals surface area contributed by atoms with Crippen molar-refractivity contribution in [2.75, 3.05) is 27.0 Å². The summed E-state index contributed by atoms with van der Waals surface area (Å²) in [6.45, 7) is 4.82. The fourth-order valence-electron chi connectivity index (χ4n) is 1.28. The second kappa shape index (κ2) is 8.21. The molecule has 5 heteroatoms. The quantitative estimate of drug-likeness (QED) is 0.633. The minimum absolute atomic E-state index is 0.137. The molecule has 15 heavy (non-hydrogen) atoms. The first kappa shape index (κ1) is 15.0. The van der Waals surface area contributed by atoms with E-state index in [4.69, 9.17) is 9.47 Å². The van der Waals surface area contributed by atoms with E-state index in [1.165, 1.54) is 0 Å². The van der Waals surface area contributed by atoms with E-state index in [9.17, 15) is 4.21 Å². The Morgan fingerprint density at radius 3 is 2.20 bits per heavy atom. The van der Waals surface area contributed by atoms with E-state index < -0.39 is 10.8 Å². The Labute approximate surface area is 95.2 Å². The molecule has 0 amide bonds. The van der Waals surface area contributed by atoms with Crippen molar-refractivity contribution in [3.63, 3.8) is 0 Å². The summed E-state index contributed by atoms with van der Waals surface area (Å²) in [7, 11) is 2.50. The summed E-state index contributed by atoms with van der Waals surface area (Å²) in [4.78, 5) is 0. The maximum absolute atomic E-state index is 11.1. The molecule has 3 atom stereocenters. The van der Waals surface area contributed by atoms with Gasteiger partial charge in [-0.15, -0.1) is 0 Å². The van der Waals surface area contributed by atoms with Crippen LogP contribution in [-0.4, -0.2) is 48.8 Å². The third kappa shape index (κ3) is 6.25. The lowest BCUT2D eigenvalue weighted by Gasteiger charge is -2.22. The maximum Gasteiger partial charge on any atom is 0.171 e. The monoisotopic (exact) mass is 237 g/mol. The topological polar surface area (TPSA) is 47.6 Å². The first-order valence-electron chi connectivity index (χ1n) is 5.14. The van der Waals surface area contributed by atoms with Gasteiger partial charge in [-0.05, 0) is 19.9 Å². The summed E-state index contributed by atoms with van der Waals surface area (Å²) < 4.78 is 21.3. The van der Waals surface area contributed by atoms with Crippen molar-refractivity contribution in [1.29, 1.82) is 0 Å². The Kier molecular flexibility index (Phi) is 8.23. The van der Waals surface area contributed by atoms with Crippen LogP contribution in [0.2, 0.25) is 0 Å². The van der Waals surface area contributed by atoms with Gasteiger partial charge >= 0.3 is 0 Å². The van der Waals surface area contributed by atoms with E-state index in [1.54, 1.807) is 20.5 Å². The van der Waals surface area contributed by atoms with Crippen molar-refractivity contribution < 1.29 is 13.7 Å². The number of hydrogen-bond donors (Lipinski definition) is 1. The van der Waals surface area contributed by atoms with Crippen molar-refractivity contribution in [3.05, 3.63) is 0 Å². The molecule has 0 saturated heterocycles. The Balaban J connectivity index is 3.71. The van der Waals surface area contributed by atoms with Gasteiger partial charge < -0.3 is 14.8 Å². The van der Waals surface area contributed by atoms with Gasteiger partial charge in [0.1, 0.15) is 0 Å². The molecule has 0 bridgehead atoms. The zero-order chi connectivity index (χ0) is 11.8. The summed E-state index contributed by atoms with van der Waals surface area (Å²) in [6.07, 6.45) is 2.40. The van der Waals surface area contributed by atoms with Crippen LogP contribution in [0.25, 0.3) is 0 Å². The predicted molar refractivity (Wildman–Crippen MR) is 63.4 cm³/mol. The van der Waals surface area contributed by atoms with E-state index in [-0.39, 0.29) is 17.6 Å². The molecule has 0 fully saturated rings. The molecule has 0 spiro atoms. The Morgan fingerprint density at radius 2 is 1.80 bits per heavy atom. The highest BCUT2D eigenvalue weighted by atomic mass is 32.2. The van der Waals surface area contributed by atoms with Gasteiger partial charge in [-0.2, -0.15) is 0 Å². The van der Waals surface area contributed by atoms with Gasteiger partial charge in [0.05, 0.1) is 6.04 Å². The van der Waals surface area contributed by atoms with Crippen LogP contribution in [0, 0.1) is 0 Å². The third-order valence-electron chi connectivity index (χ3n) is 2.46. The van der Waals surface area contributed by atoms with Crippen LogP contribution < -0.4 is 5.32 Å². The van der Waals surface area contributed by atoms with Gasteiger partial charge in [0.25, 0.3) is 0 Å².